The minimum Gasteiger partial charge on any atom is -0.468 e. The van der Waals surface area contributed by atoms with Crippen molar-refractivity contribution in [2.75, 3.05) is 26.9 Å². The molecule has 0 aromatic heterocycles. The van der Waals surface area contributed by atoms with Crippen molar-refractivity contribution in [3.8, 4) is 11.5 Å². The Morgan fingerprint density at radius 2 is 1.31 bits per heavy atom. The van der Waals surface area contributed by atoms with Gasteiger partial charge in [-0.1, -0.05) is 40.7 Å². The summed E-state index contributed by atoms with van der Waals surface area (Å²) < 4.78 is 36.2. The maximum Gasteiger partial charge on any atom is 0.513 e. The van der Waals surface area contributed by atoms with Crippen LogP contribution in [0.25, 0.3) is 0 Å². The first-order valence-electron chi connectivity index (χ1n) is 14.3. The third kappa shape index (κ3) is 15.5. The van der Waals surface area contributed by atoms with E-state index in [1.54, 1.807) is 19.9 Å². The quantitative estimate of drug-likeness (QED) is 0.131. The number of methoxy groups -OCH3 is 1. The Labute approximate surface area is 248 Å². The molecule has 1 N–H and O–H groups in total. The lowest BCUT2D eigenvalue weighted by Crippen LogP contribution is -2.43. The Hall–Kier alpha value is -3.54. The van der Waals surface area contributed by atoms with Crippen LogP contribution < -0.4 is 14.8 Å². The highest BCUT2D eigenvalue weighted by molar-refractivity contribution is 5.76. The van der Waals surface area contributed by atoms with Crippen molar-refractivity contribution in [1.82, 2.24) is 5.32 Å². The molecule has 0 radical (unpaired) electrons. The van der Waals surface area contributed by atoms with Gasteiger partial charge in [0.25, 0.3) is 0 Å². The number of carbonyl (C=O) groups is 4. The summed E-state index contributed by atoms with van der Waals surface area (Å²) >= 11 is 0. The van der Waals surface area contributed by atoms with Gasteiger partial charge in [0, 0.05) is 6.54 Å². The van der Waals surface area contributed by atoms with Crippen molar-refractivity contribution in [3.05, 3.63) is 23.8 Å². The van der Waals surface area contributed by atoms with Crippen molar-refractivity contribution in [2.24, 2.45) is 11.8 Å². The maximum atomic E-state index is 12.5. The molecule has 12 nitrogen and oxygen atoms in total. The van der Waals surface area contributed by atoms with Gasteiger partial charge in [0.2, 0.25) is 0 Å². The van der Waals surface area contributed by atoms with Gasteiger partial charge in [-0.15, -0.1) is 0 Å². The Morgan fingerprint density at radius 3 is 1.83 bits per heavy atom. The number of rotatable bonds is 17. The molecule has 1 rings (SSSR count). The fourth-order valence-corrected chi connectivity index (χ4v) is 3.24. The fourth-order valence-electron chi connectivity index (χ4n) is 3.24. The van der Waals surface area contributed by atoms with E-state index in [0.29, 0.717) is 36.7 Å². The second kappa shape index (κ2) is 19.6. The second-order valence-electron chi connectivity index (χ2n) is 10.8. The molecule has 0 aliphatic rings. The standard InChI is InChI=1S/C30H47NO11/c1-9-21(6)39-30(35)40-22(7)18-31-24(27(32)36-8)16-23-10-11-25(41-28(33)37-14-12-19(2)3)26(17-23)42-29(34)38-15-13-20(4)5/h10-11,17,19-22,24,31H,9,12-16,18H2,1-8H3/t21?,22?,24-/m0/s1. The van der Waals surface area contributed by atoms with Gasteiger partial charge in [-0.2, -0.15) is 0 Å². The normalized spacial score (nSPS) is 13.1. The minimum atomic E-state index is -0.969. The van der Waals surface area contributed by atoms with Crippen LogP contribution in [0.1, 0.15) is 73.3 Å². The van der Waals surface area contributed by atoms with Crippen LogP contribution in [0, 0.1) is 11.8 Å². The van der Waals surface area contributed by atoms with E-state index in [1.807, 2.05) is 34.6 Å². The molecular formula is C30H47NO11. The monoisotopic (exact) mass is 597 g/mol. The Balaban J connectivity index is 3.02. The molecule has 0 heterocycles. The lowest BCUT2D eigenvalue weighted by atomic mass is 10.0. The number of nitrogens with one attached hydrogen (secondary N) is 1. The first-order valence-corrected chi connectivity index (χ1v) is 14.3. The largest absolute Gasteiger partial charge is 0.513 e. The molecule has 0 amide bonds. The number of carbonyl (C=O) groups excluding carboxylic acids is 4. The zero-order valence-electron chi connectivity index (χ0n) is 26.1. The number of ether oxygens (including phenoxy) is 7. The van der Waals surface area contributed by atoms with E-state index in [0.717, 1.165) is 0 Å². The molecule has 0 fully saturated rings. The molecule has 12 heteroatoms. The molecule has 0 saturated heterocycles. The molecule has 2 unspecified atom stereocenters. The average molecular weight is 598 g/mol. The maximum absolute atomic E-state index is 12.5. The lowest BCUT2D eigenvalue weighted by Gasteiger charge is -2.21. The highest BCUT2D eigenvalue weighted by atomic mass is 16.7. The number of esters is 1. The molecule has 0 aliphatic heterocycles. The molecule has 1 aromatic rings. The van der Waals surface area contributed by atoms with Crippen LogP contribution in [-0.4, -0.2) is 69.6 Å². The number of benzene rings is 1. The highest BCUT2D eigenvalue weighted by Gasteiger charge is 2.24. The summed E-state index contributed by atoms with van der Waals surface area (Å²) in [6.07, 6.45) is -1.54. The summed E-state index contributed by atoms with van der Waals surface area (Å²) in [5.74, 6) is -0.0494. The molecule has 1 aromatic carbocycles. The van der Waals surface area contributed by atoms with Crippen molar-refractivity contribution < 1.29 is 52.3 Å². The summed E-state index contributed by atoms with van der Waals surface area (Å²) in [7, 11) is 1.25. The molecular weight excluding hydrogens is 550 g/mol. The van der Waals surface area contributed by atoms with Crippen LogP contribution >= 0.6 is 0 Å². The van der Waals surface area contributed by atoms with Crippen molar-refractivity contribution in [2.45, 2.75) is 92.4 Å². The van der Waals surface area contributed by atoms with Crippen LogP contribution in [0.2, 0.25) is 0 Å². The van der Waals surface area contributed by atoms with Gasteiger partial charge in [-0.25, -0.2) is 14.4 Å². The summed E-state index contributed by atoms with van der Waals surface area (Å²) in [5, 5.41) is 3.02. The predicted octanol–water partition coefficient (Wildman–Crippen LogP) is 5.82. The van der Waals surface area contributed by atoms with E-state index >= 15 is 0 Å². The molecule has 238 valence electrons. The Bertz CT molecular complexity index is 995. The van der Waals surface area contributed by atoms with Crippen molar-refractivity contribution in [3.63, 3.8) is 0 Å². The lowest BCUT2D eigenvalue weighted by molar-refractivity contribution is -0.143. The predicted molar refractivity (Wildman–Crippen MR) is 154 cm³/mol. The zero-order valence-corrected chi connectivity index (χ0v) is 26.1. The second-order valence-corrected chi connectivity index (χ2v) is 10.8. The summed E-state index contributed by atoms with van der Waals surface area (Å²) in [5.41, 5.74) is 0.549. The van der Waals surface area contributed by atoms with Crippen LogP contribution in [0.4, 0.5) is 14.4 Å². The van der Waals surface area contributed by atoms with Gasteiger partial charge < -0.3 is 38.5 Å². The summed E-state index contributed by atoms with van der Waals surface area (Å²) in [6.45, 7) is 13.7. The smallest absolute Gasteiger partial charge is 0.468 e. The average Bonchev–Trinajstić information content (AvgIpc) is 2.91. The third-order valence-corrected chi connectivity index (χ3v) is 5.97. The zero-order chi connectivity index (χ0) is 31.7. The topological polar surface area (TPSA) is 145 Å². The van der Waals surface area contributed by atoms with Crippen LogP contribution in [0.3, 0.4) is 0 Å². The highest BCUT2D eigenvalue weighted by Crippen LogP contribution is 2.30. The van der Waals surface area contributed by atoms with Gasteiger partial charge in [0.05, 0.1) is 20.3 Å². The van der Waals surface area contributed by atoms with Crippen LogP contribution in [-0.2, 0) is 34.9 Å². The van der Waals surface area contributed by atoms with E-state index in [-0.39, 0.29) is 43.8 Å². The van der Waals surface area contributed by atoms with Gasteiger partial charge in [0.15, 0.2) is 11.5 Å². The molecule has 0 bridgehead atoms. The molecule has 0 saturated carbocycles. The number of hydrogen-bond donors (Lipinski definition) is 1. The molecule has 0 aliphatic carbocycles. The summed E-state index contributed by atoms with van der Waals surface area (Å²) in [4.78, 5) is 49.0. The van der Waals surface area contributed by atoms with Crippen LogP contribution in [0.5, 0.6) is 11.5 Å². The van der Waals surface area contributed by atoms with Gasteiger partial charge >= 0.3 is 24.4 Å². The van der Waals surface area contributed by atoms with E-state index < -0.39 is 36.6 Å². The third-order valence-electron chi connectivity index (χ3n) is 5.97. The van der Waals surface area contributed by atoms with Gasteiger partial charge in [-0.05, 0) is 69.1 Å². The van der Waals surface area contributed by atoms with E-state index in [1.165, 1.54) is 19.2 Å². The van der Waals surface area contributed by atoms with E-state index in [4.69, 9.17) is 33.2 Å². The Morgan fingerprint density at radius 1 is 0.762 bits per heavy atom. The van der Waals surface area contributed by atoms with Gasteiger partial charge in [-0.3, -0.25) is 4.79 Å². The van der Waals surface area contributed by atoms with E-state index in [2.05, 4.69) is 5.32 Å². The van der Waals surface area contributed by atoms with Gasteiger partial charge in [0.1, 0.15) is 18.2 Å². The van der Waals surface area contributed by atoms with E-state index in [9.17, 15) is 19.2 Å². The van der Waals surface area contributed by atoms with Crippen LogP contribution in [0.15, 0.2) is 18.2 Å². The minimum absolute atomic E-state index is 0.0569. The first kappa shape index (κ1) is 36.5. The molecule has 0 spiro atoms. The molecule has 3 atom stereocenters. The molecule has 42 heavy (non-hydrogen) atoms. The number of hydrogen-bond acceptors (Lipinski definition) is 12. The first-order chi connectivity index (χ1) is 19.8. The van der Waals surface area contributed by atoms with Crippen molar-refractivity contribution >= 4 is 24.4 Å². The fraction of sp³-hybridized carbons (Fsp3) is 0.667. The summed E-state index contributed by atoms with van der Waals surface area (Å²) in [6, 6.07) is 3.65. The Kier molecular flexibility index (Phi) is 17.0. The van der Waals surface area contributed by atoms with Crippen molar-refractivity contribution in [1.29, 1.82) is 0 Å². The SMILES string of the molecule is CCC(C)OC(=O)OC(C)CN[C@@H](Cc1ccc(OC(=O)OCCC(C)C)c(OC(=O)OCCC(C)C)c1)C(=O)OC.